The van der Waals surface area contributed by atoms with Crippen molar-refractivity contribution in [3.8, 4) is 0 Å². The first-order valence-corrected chi connectivity index (χ1v) is 3.45. The van der Waals surface area contributed by atoms with Crippen molar-refractivity contribution in [2.75, 3.05) is 0 Å². The molecule has 1 heterocycles. The van der Waals surface area contributed by atoms with Gasteiger partial charge in [-0.1, -0.05) is 0 Å². The Labute approximate surface area is 113 Å². The number of aryl methyl sites for hydroxylation is 1. The van der Waals surface area contributed by atoms with Crippen molar-refractivity contribution in [1.29, 1.82) is 0 Å². The molecule has 0 saturated heterocycles. The van der Waals surface area contributed by atoms with E-state index in [-0.39, 0.29) is 52.8 Å². The van der Waals surface area contributed by atoms with Crippen molar-refractivity contribution >= 4 is 24.4 Å². The first-order valence-electron chi connectivity index (χ1n) is 2.63. The van der Waals surface area contributed by atoms with Gasteiger partial charge in [0.1, 0.15) is 0 Å². The summed E-state index contributed by atoms with van der Waals surface area (Å²) in [6.07, 6.45) is 0. The van der Waals surface area contributed by atoms with E-state index in [2.05, 4.69) is 10.1 Å². The number of aromatic amines is 2. The van der Waals surface area contributed by atoms with Crippen LogP contribution in [0.1, 0.15) is 8.35 Å². The zero-order chi connectivity index (χ0) is 6.85. The van der Waals surface area contributed by atoms with Crippen LogP contribution in [0.4, 0.5) is 0 Å². The summed E-state index contributed by atoms with van der Waals surface area (Å²) in [6.45, 7) is 2.82. The van der Waals surface area contributed by atoms with Crippen LogP contribution < -0.4 is 51.4 Å². The zero-order valence-corrected chi connectivity index (χ0v) is 10.7. The normalized spacial score (nSPS) is 8.90. The van der Waals surface area contributed by atoms with Crippen molar-refractivity contribution in [1.82, 2.24) is 14.8 Å². The number of hydrogen-bond acceptors (Lipinski definition) is 2. The Kier molecular flexibility index (Phi) is 5.57. The molecule has 0 fully saturated rings. The van der Waals surface area contributed by atoms with Crippen molar-refractivity contribution < 1.29 is 52.8 Å². The van der Waals surface area contributed by atoms with E-state index in [1.165, 1.54) is 0 Å². The van der Waals surface area contributed by atoms with Crippen molar-refractivity contribution in [3.63, 3.8) is 0 Å². The summed E-state index contributed by atoms with van der Waals surface area (Å²) in [6, 6.07) is 0. The van der Waals surface area contributed by atoms with Crippen LogP contribution >= 0.6 is 24.4 Å². The molecule has 0 bridgehead atoms. The van der Waals surface area contributed by atoms with Gasteiger partial charge >= 0.3 is 51.4 Å². The number of H-pyrrole nitrogens is 2. The van der Waals surface area contributed by atoms with Gasteiger partial charge in [0.15, 0.2) is 9.54 Å². The smallest absolute Gasteiger partial charge is 1.00 e. The van der Waals surface area contributed by atoms with E-state index in [0.717, 1.165) is 6.54 Å². The molecule has 0 aromatic carbocycles. The third-order valence-electron chi connectivity index (χ3n) is 1.02. The van der Waals surface area contributed by atoms with Gasteiger partial charge in [0.2, 0.25) is 0 Å². The molecule has 0 spiro atoms. The number of rotatable bonds is 1. The van der Waals surface area contributed by atoms with Gasteiger partial charge in [-0.3, -0.25) is 9.78 Å². The summed E-state index contributed by atoms with van der Waals surface area (Å²) in [5.41, 5.74) is 0. The maximum Gasteiger partial charge on any atom is 1.00 e. The Morgan fingerprint density at radius 2 is 2.20 bits per heavy atom. The quantitative estimate of drug-likeness (QED) is 0.439. The Morgan fingerprint density at radius 1 is 1.60 bits per heavy atom. The number of nitrogens with one attached hydrogen (secondary N) is 2. The number of hydrogen-bond donors (Lipinski definition) is 2. The molecule has 1 rings (SSSR count). The molecule has 2 N–H and O–H groups in total. The summed E-state index contributed by atoms with van der Waals surface area (Å²) < 4.78 is 3.02. The maximum absolute atomic E-state index is 4.88. The van der Waals surface area contributed by atoms with E-state index in [9.17, 15) is 0 Å². The van der Waals surface area contributed by atoms with Crippen LogP contribution in [0.2, 0.25) is 0 Å². The molecule has 1 aromatic rings. The monoisotopic (exact) mass is 201 g/mol. The maximum atomic E-state index is 4.88. The molecule has 0 saturated carbocycles. The molecular formula is C4H8KN3S2. The Bertz CT molecular complexity index is 301. The van der Waals surface area contributed by atoms with Gasteiger partial charge in [0.25, 0.3) is 0 Å². The van der Waals surface area contributed by atoms with Crippen LogP contribution in [0, 0.1) is 9.54 Å². The summed E-state index contributed by atoms with van der Waals surface area (Å²) >= 11 is 9.67. The molecule has 1 aromatic heterocycles. The van der Waals surface area contributed by atoms with E-state index >= 15 is 0 Å². The minimum absolute atomic E-state index is 0. The molecule has 0 atom stereocenters. The molecule has 0 aliphatic rings. The molecule has 0 aliphatic heterocycles. The van der Waals surface area contributed by atoms with Gasteiger partial charge in [0.05, 0.1) is 0 Å². The summed E-state index contributed by atoms with van der Waals surface area (Å²) in [7, 11) is 0. The molecule has 10 heavy (non-hydrogen) atoms. The second kappa shape index (κ2) is 4.97. The fraction of sp³-hybridized carbons (Fsp3) is 0.500. The van der Waals surface area contributed by atoms with Crippen molar-refractivity contribution in [2.45, 2.75) is 13.5 Å². The van der Waals surface area contributed by atoms with Crippen LogP contribution in [-0.2, 0) is 6.54 Å². The number of aromatic nitrogens is 3. The molecule has 0 amide bonds. The SMILES string of the molecule is CCn1[nH]c(=S)[nH]c1=S.[H-].[K+]. The predicted octanol–water partition coefficient (Wildman–Crippen LogP) is -1.26. The van der Waals surface area contributed by atoms with Gasteiger partial charge in [-0.25, -0.2) is 0 Å². The summed E-state index contributed by atoms with van der Waals surface area (Å²) in [4.78, 5) is 2.80. The van der Waals surface area contributed by atoms with E-state index in [4.69, 9.17) is 24.4 Å². The standard InChI is InChI=1S/C4H7N3S2.K.H/c1-2-7-4(9)5-3(8)6-7;;/h2H2,1H3,(H2,5,6,8,9);;/q;+1;-1. The molecular weight excluding hydrogens is 193 g/mol. The predicted molar refractivity (Wildman–Crippen MR) is 41.6 cm³/mol. The fourth-order valence-corrected chi connectivity index (χ4v) is 1.14. The molecule has 0 unspecified atom stereocenters. The minimum Gasteiger partial charge on any atom is -1.00 e. The van der Waals surface area contributed by atoms with Crippen LogP contribution in [-0.4, -0.2) is 14.8 Å². The van der Waals surface area contributed by atoms with Gasteiger partial charge in [-0.05, 0) is 31.4 Å². The number of nitrogens with zero attached hydrogens (tertiary/aromatic N) is 1. The van der Waals surface area contributed by atoms with E-state index in [1.54, 1.807) is 4.68 Å². The molecule has 0 aliphatic carbocycles. The second-order valence-electron chi connectivity index (χ2n) is 1.62. The average Bonchev–Trinajstić information content (AvgIpc) is 2.10. The van der Waals surface area contributed by atoms with Crippen molar-refractivity contribution in [2.24, 2.45) is 0 Å². The van der Waals surface area contributed by atoms with Gasteiger partial charge in [0, 0.05) is 6.54 Å². The van der Waals surface area contributed by atoms with Crippen molar-refractivity contribution in [3.05, 3.63) is 9.54 Å². The van der Waals surface area contributed by atoms with Gasteiger partial charge in [-0.2, -0.15) is 0 Å². The fourth-order valence-electron chi connectivity index (χ4n) is 0.589. The average molecular weight is 201 g/mol. The molecule has 0 radical (unpaired) electrons. The van der Waals surface area contributed by atoms with Crippen LogP contribution in [0.5, 0.6) is 0 Å². The second-order valence-corrected chi connectivity index (χ2v) is 2.41. The third-order valence-corrected chi connectivity index (χ3v) is 1.53. The van der Waals surface area contributed by atoms with Gasteiger partial charge < -0.3 is 6.41 Å². The molecule has 52 valence electrons. The third kappa shape index (κ3) is 2.69. The topological polar surface area (TPSA) is 36.5 Å². The minimum atomic E-state index is 0. The largest absolute Gasteiger partial charge is 1.00 e. The zero-order valence-electron chi connectivity index (χ0n) is 6.97. The molecule has 6 heteroatoms. The van der Waals surface area contributed by atoms with E-state index < -0.39 is 0 Å². The first kappa shape index (κ1) is 11.2. The van der Waals surface area contributed by atoms with E-state index in [1.807, 2.05) is 6.92 Å². The Morgan fingerprint density at radius 3 is 2.40 bits per heavy atom. The first-order chi connectivity index (χ1) is 4.24. The van der Waals surface area contributed by atoms with Gasteiger partial charge in [-0.15, -0.1) is 0 Å². The Balaban J connectivity index is 0. The summed E-state index contributed by atoms with van der Waals surface area (Å²) in [5.74, 6) is 0. The summed E-state index contributed by atoms with van der Waals surface area (Å²) in [5, 5.41) is 2.87. The van der Waals surface area contributed by atoms with Crippen LogP contribution in [0.3, 0.4) is 0 Å². The van der Waals surface area contributed by atoms with Crippen LogP contribution in [0.25, 0.3) is 0 Å². The van der Waals surface area contributed by atoms with Crippen LogP contribution in [0.15, 0.2) is 0 Å². The molecule has 3 nitrogen and oxygen atoms in total. The Hall–Kier alpha value is 1.22. The van der Waals surface area contributed by atoms with E-state index in [0.29, 0.717) is 9.54 Å².